The number of nitrogens with one attached hydrogen (secondary N) is 1. The van der Waals surface area contributed by atoms with Crippen LogP contribution in [0, 0.1) is 17.1 Å². The number of nitrogens with zero attached hydrogens (tertiary/aromatic N) is 2. The van der Waals surface area contributed by atoms with Crippen molar-refractivity contribution >= 4 is 23.5 Å². The molecule has 0 aliphatic carbocycles. The summed E-state index contributed by atoms with van der Waals surface area (Å²) in [7, 11) is 0. The molecule has 156 valence electrons. The van der Waals surface area contributed by atoms with Gasteiger partial charge in [-0.3, -0.25) is 9.59 Å². The molecule has 0 atom stereocenters. The van der Waals surface area contributed by atoms with Gasteiger partial charge >= 0.3 is 5.97 Å². The van der Waals surface area contributed by atoms with Crippen LogP contribution in [0.5, 0.6) is 0 Å². The van der Waals surface area contributed by atoms with E-state index < -0.39 is 35.7 Å². The highest BCUT2D eigenvalue weighted by molar-refractivity contribution is 5.95. The number of carbonyl (C=O) groups is 3. The third kappa shape index (κ3) is 6.41. The van der Waals surface area contributed by atoms with Crippen LogP contribution in [0.3, 0.4) is 0 Å². The third-order valence-corrected chi connectivity index (χ3v) is 4.12. The Balaban J connectivity index is 1.98. The van der Waals surface area contributed by atoms with Gasteiger partial charge < -0.3 is 15.0 Å². The Labute approximate surface area is 174 Å². The van der Waals surface area contributed by atoms with Crippen molar-refractivity contribution in [3.8, 4) is 6.07 Å². The van der Waals surface area contributed by atoms with Gasteiger partial charge in [0, 0.05) is 11.2 Å². The minimum absolute atomic E-state index is 0.207. The van der Waals surface area contributed by atoms with Crippen LogP contribution in [-0.4, -0.2) is 41.4 Å². The maximum Gasteiger partial charge on any atom is 0.338 e. The van der Waals surface area contributed by atoms with E-state index in [1.165, 1.54) is 53.4 Å². The number of benzene rings is 2. The average Bonchev–Trinajstić information content (AvgIpc) is 2.71. The molecule has 0 aliphatic rings. The molecule has 0 fully saturated rings. The first-order valence-corrected chi connectivity index (χ1v) is 9.13. The summed E-state index contributed by atoms with van der Waals surface area (Å²) in [5, 5.41) is 11.4. The Bertz CT molecular complexity index is 958. The average molecular weight is 411 g/mol. The van der Waals surface area contributed by atoms with Crippen molar-refractivity contribution in [2.75, 3.05) is 18.5 Å². The highest BCUT2D eigenvalue weighted by atomic mass is 19.1. The monoisotopic (exact) mass is 411 g/mol. The topological polar surface area (TPSA) is 99.5 Å². The highest BCUT2D eigenvalue weighted by Crippen LogP contribution is 2.15. The second-order valence-corrected chi connectivity index (χ2v) is 7.47. The molecule has 8 heteroatoms. The van der Waals surface area contributed by atoms with Gasteiger partial charge in [-0.1, -0.05) is 0 Å². The zero-order chi connectivity index (χ0) is 22.3. The van der Waals surface area contributed by atoms with Crippen molar-refractivity contribution in [1.82, 2.24) is 4.90 Å². The minimum atomic E-state index is -0.711. The van der Waals surface area contributed by atoms with Gasteiger partial charge in [0.1, 0.15) is 12.4 Å². The molecular formula is C22H22FN3O4. The van der Waals surface area contributed by atoms with E-state index in [1.54, 1.807) is 20.8 Å². The van der Waals surface area contributed by atoms with E-state index in [2.05, 4.69) is 5.32 Å². The number of halogens is 1. The number of nitriles is 1. The highest BCUT2D eigenvalue weighted by Gasteiger charge is 2.29. The number of carbonyl (C=O) groups excluding carboxylic acids is 3. The lowest BCUT2D eigenvalue weighted by molar-refractivity contribution is -0.142. The van der Waals surface area contributed by atoms with E-state index in [-0.39, 0.29) is 12.1 Å². The lowest BCUT2D eigenvalue weighted by atomic mass is 10.1. The number of esters is 1. The van der Waals surface area contributed by atoms with Gasteiger partial charge in [0.2, 0.25) is 5.91 Å². The van der Waals surface area contributed by atoms with Crippen molar-refractivity contribution in [2.45, 2.75) is 26.3 Å². The summed E-state index contributed by atoms with van der Waals surface area (Å²) in [6.45, 7) is 4.43. The molecule has 7 nitrogen and oxygen atoms in total. The van der Waals surface area contributed by atoms with E-state index in [9.17, 15) is 18.8 Å². The molecule has 2 aromatic rings. The van der Waals surface area contributed by atoms with Crippen molar-refractivity contribution in [3.05, 3.63) is 65.5 Å². The van der Waals surface area contributed by atoms with Crippen LogP contribution in [0.15, 0.2) is 48.5 Å². The first-order chi connectivity index (χ1) is 14.1. The minimum Gasteiger partial charge on any atom is -0.452 e. The van der Waals surface area contributed by atoms with E-state index in [0.29, 0.717) is 11.3 Å². The standard InChI is InChI=1S/C22H22FN3O4/c1-22(2,3)26(13-19(27)25-18-10-8-17(23)9-11-18)20(28)14-30-21(29)16-6-4-15(12-24)5-7-16/h4-11H,13-14H2,1-3H3,(H,25,27). The molecular weight excluding hydrogens is 389 g/mol. The Morgan fingerprint density at radius 1 is 1.07 bits per heavy atom. The lowest BCUT2D eigenvalue weighted by Crippen LogP contribution is -2.50. The Morgan fingerprint density at radius 2 is 1.67 bits per heavy atom. The second-order valence-electron chi connectivity index (χ2n) is 7.47. The maximum atomic E-state index is 13.0. The second kappa shape index (κ2) is 9.65. The van der Waals surface area contributed by atoms with Gasteiger partial charge in [-0.2, -0.15) is 5.26 Å². The predicted octanol–water partition coefficient (Wildman–Crippen LogP) is 3.12. The molecule has 0 saturated heterocycles. The van der Waals surface area contributed by atoms with Gasteiger partial charge in [0.25, 0.3) is 5.91 Å². The SMILES string of the molecule is CC(C)(C)N(CC(=O)Nc1ccc(F)cc1)C(=O)COC(=O)c1ccc(C#N)cc1. The molecule has 1 N–H and O–H groups in total. The molecule has 0 saturated carbocycles. The summed E-state index contributed by atoms with van der Waals surface area (Å²) >= 11 is 0. The van der Waals surface area contributed by atoms with Gasteiger partial charge in [0.15, 0.2) is 6.61 Å². The number of hydrogen-bond donors (Lipinski definition) is 1. The number of hydrogen-bond acceptors (Lipinski definition) is 5. The van der Waals surface area contributed by atoms with E-state index >= 15 is 0 Å². The van der Waals surface area contributed by atoms with Crippen molar-refractivity contribution < 1.29 is 23.5 Å². The Kier molecular flexibility index (Phi) is 7.26. The molecule has 2 rings (SSSR count). The van der Waals surface area contributed by atoms with E-state index in [1.807, 2.05) is 6.07 Å². The molecule has 0 spiro atoms. The fourth-order valence-electron chi connectivity index (χ4n) is 2.55. The first-order valence-electron chi connectivity index (χ1n) is 9.13. The summed E-state index contributed by atoms with van der Waals surface area (Å²) in [5.74, 6) is -2.15. The van der Waals surface area contributed by atoms with Crippen molar-refractivity contribution in [3.63, 3.8) is 0 Å². The van der Waals surface area contributed by atoms with Gasteiger partial charge in [0.05, 0.1) is 17.2 Å². The van der Waals surface area contributed by atoms with E-state index in [4.69, 9.17) is 10.00 Å². The molecule has 0 bridgehead atoms. The molecule has 30 heavy (non-hydrogen) atoms. The summed E-state index contributed by atoms with van der Waals surface area (Å²) in [5.41, 5.74) is 0.291. The van der Waals surface area contributed by atoms with Crippen molar-refractivity contribution in [1.29, 1.82) is 5.26 Å². The fourth-order valence-corrected chi connectivity index (χ4v) is 2.55. The summed E-state index contributed by atoms with van der Waals surface area (Å²) in [4.78, 5) is 38.4. The third-order valence-electron chi connectivity index (χ3n) is 4.12. The van der Waals surface area contributed by atoms with Crippen LogP contribution in [0.25, 0.3) is 0 Å². The number of rotatable bonds is 6. The molecule has 2 amide bonds. The molecule has 0 aromatic heterocycles. The molecule has 2 aromatic carbocycles. The van der Waals surface area contributed by atoms with Crippen LogP contribution in [0.2, 0.25) is 0 Å². The number of amides is 2. The quantitative estimate of drug-likeness (QED) is 0.737. The Hall–Kier alpha value is -3.73. The Morgan fingerprint density at radius 3 is 2.20 bits per heavy atom. The molecule has 0 unspecified atom stereocenters. The van der Waals surface area contributed by atoms with Crippen molar-refractivity contribution in [2.24, 2.45) is 0 Å². The van der Waals surface area contributed by atoms with Gasteiger partial charge in [-0.25, -0.2) is 9.18 Å². The largest absolute Gasteiger partial charge is 0.452 e. The first kappa shape index (κ1) is 22.6. The van der Waals surface area contributed by atoms with E-state index in [0.717, 1.165) is 0 Å². The number of ether oxygens (including phenoxy) is 1. The van der Waals surface area contributed by atoms with Gasteiger partial charge in [-0.15, -0.1) is 0 Å². The zero-order valence-electron chi connectivity index (χ0n) is 16.9. The summed E-state index contributed by atoms with van der Waals surface area (Å²) in [6, 6.07) is 13.0. The normalized spacial score (nSPS) is 10.6. The van der Waals surface area contributed by atoms with Crippen LogP contribution in [0.4, 0.5) is 10.1 Å². The van der Waals surface area contributed by atoms with Crippen LogP contribution >= 0.6 is 0 Å². The van der Waals surface area contributed by atoms with Crippen LogP contribution < -0.4 is 5.32 Å². The lowest BCUT2D eigenvalue weighted by Gasteiger charge is -2.35. The summed E-state index contributed by atoms with van der Waals surface area (Å²) < 4.78 is 18.1. The molecule has 0 radical (unpaired) electrons. The van der Waals surface area contributed by atoms with Crippen LogP contribution in [-0.2, 0) is 14.3 Å². The predicted molar refractivity (Wildman–Crippen MR) is 108 cm³/mol. The molecule has 0 heterocycles. The smallest absolute Gasteiger partial charge is 0.338 e. The zero-order valence-corrected chi connectivity index (χ0v) is 16.9. The van der Waals surface area contributed by atoms with Gasteiger partial charge in [-0.05, 0) is 69.3 Å². The molecule has 0 aliphatic heterocycles. The summed E-state index contributed by atoms with van der Waals surface area (Å²) in [6.07, 6.45) is 0. The fraction of sp³-hybridized carbons (Fsp3) is 0.273. The maximum absolute atomic E-state index is 13.0. The number of anilines is 1. The van der Waals surface area contributed by atoms with Crippen LogP contribution in [0.1, 0.15) is 36.7 Å².